The fourth-order valence-electron chi connectivity index (χ4n) is 3.60. The van der Waals surface area contributed by atoms with Crippen LogP contribution in [0.2, 0.25) is 0 Å². The number of imidazole rings is 1. The van der Waals surface area contributed by atoms with E-state index in [1.165, 1.54) is 0 Å². The second kappa shape index (κ2) is 6.29. The van der Waals surface area contributed by atoms with Crippen LogP contribution in [0.4, 0.5) is 5.95 Å². The van der Waals surface area contributed by atoms with Crippen molar-refractivity contribution in [2.45, 2.75) is 19.9 Å². The Labute approximate surface area is 150 Å². The quantitative estimate of drug-likeness (QED) is 0.583. The summed E-state index contributed by atoms with van der Waals surface area (Å²) >= 11 is 0. The number of carbonyl (C=O) groups excluding carboxylic acids is 2. The highest BCUT2D eigenvalue weighted by atomic mass is 16.5. The molecule has 2 aromatic carbocycles. The van der Waals surface area contributed by atoms with Gasteiger partial charge in [-0.1, -0.05) is 36.4 Å². The Kier molecular flexibility index (Phi) is 3.95. The molecule has 6 heteroatoms. The normalized spacial score (nSPS) is 19.1. The summed E-state index contributed by atoms with van der Waals surface area (Å²) in [6.45, 7) is 3.93. The number of nitrogens with one attached hydrogen (secondary N) is 1. The number of hydrogen-bond acceptors (Lipinski definition) is 4. The van der Waals surface area contributed by atoms with Gasteiger partial charge in [-0.2, -0.15) is 0 Å². The van der Waals surface area contributed by atoms with E-state index in [1.807, 2.05) is 60.0 Å². The van der Waals surface area contributed by atoms with Gasteiger partial charge in [0.2, 0.25) is 11.9 Å². The fourth-order valence-corrected chi connectivity index (χ4v) is 3.60. The monoisotopic (exact) mass is 349 g/mol. The van der Waals surface area contributed by atoms with Gasteiger partial charge >= 0.3 is 5.97 Å². The molecule has 1 aromatic heterocycles. The Hall–Kier alpha value is -3.15. The summed E-state index contributed by atoms with van der Waals surface area (Å²) in [5, 5.41) is 2.77. The predicted molar refractivity (Wildman–Crippen MR) is 97.8 cm³/mol. The third-order valence-corrected chi connectivity index (χ3v) is 4.75. The maximum Gasteiger partial charge on any atom is 0.321 e. The van der Waals surface area contributed by atoms with Crippen LogP contribution in [0.3, 0.4) is 0 Å². The first kappa shape index (κ1) is 16.3. The first-order chi connectivity index (χ1) is 12.6. The summed E-state index contributed by atoms with van der Waals surface area (Å²) in [4.78, 5) is 30.0. The summed E-state index contributed by atoms with van der Waals surface area (Å²) in [7, 11) is 0. The summed E-state index contributed by atoms with van der Waals surface area (Å²) in [5.74, 6) is -1.44. The lowest BCUT2D eigenvalue weighted by Crippen LogP contribution is -2.43. The zero-order valence-electron chi connectivity index (χ0n) is 14.6. The molecule has 6 nitrogen and oxygen atoms in total. The molecule has 0 radical (unpaired) electrons. The first-order valence-corrected chi connectivity index (χ1v) is 8.61. The molecule has 0 aliphatic carbocycles. The highest BCUT2D eigenvalue weighted by Gasteiger charge is 2.44. The van der Waals surface area contributed by atoms with Gasteiger partial charge in [0, 0.05) is 0 Å². The van der Waals surface area contributed by atoms with Gasteiger partial charge in [-0.05, 0) is 37.1 Å². The van der Waals surface area contributed by atoms with E-state index < -0.39 is 17.9 Å². The number of nitrogens with zero attached hydrogens (tertiary/aromatic N) is 2. The molecular weight excluding hydrogens is 330 g/mol. The van der Waals surface area contributed by atoms with E-state index in [9.17, 15) is 9.59 Å². The maximum absolute atomic E-state index is 12.8. The van der Waals surface area contributed by atoms with Gasteiger partial charge in [0.25, 0.3) is 0 Å². The Morgan fingerprint density at radius 3 is 2.69 bits per heavy atom. The van der Waals surface area contributed by atoms with Crippen molar-refractivity contribution in [1.82, 2.24) is 9.55 Å². The van der Waals surface area contributed by atoms with Crippen molar-refractivity contribution in [1.29, 1.82) is 0 Å². The van der Waals surface area contributed by atoms with Crippen molar-refractivity contribution < 1.29 is 14.3 Å². The van der Waals surface area contributed by atoms with Gasteiger partial charge < -0.3 is 9.30 Å². The maximum atomic E-state index is 12.8. The second-order valence-corrected chi connectivity index (χ2v) is 6.31. The Balaban J connectivity index is 1.99. The third kappa shape index (κ3) is 2.45. The van der Waals surface area contributed by atoms with E-state index in [4.69, 9.17) is 4.74 Å². The van der Waals surface area contributed by atoms with Crippen LogP contribution in [0.5, 0.6) is 0 Å². The molecule has 0 fully saturated rings. The standard InChI is InChI=1S/C20H19N3O3/c1-3-26-19(25)16-17(13-9-5-4-8-12(13)2)23-15-11-7-6-10-14(15)21-20(23)22-18(16)24/h4-11,16-17H,3H2,1-2H3,(H,21,22,24)/t16-,17-/m1/s1. The fraction of sp³-hybridized carbons (Fsp3) is 0.250. The van der Waals surface area contributed by atoms with Gasteiger partial charge in [-0.25, -0.2) is 4.98 Å². The molecule has 3 aromatic rings. The van der Waals surface area contributed by atoms with Crippen LogP contribution in [0.25, 0.3) is 11.0 Å². The highest BCUT2D eigenvalue weighted by molar-refractivity contribution is 6.07. The predicted octanol–water partition coefficient (Wildman–Crippen LogP) is 3.07. The van der Waals surface area contributed by atoms with E-state index in [1.54, 1.807) is 6.92 Å². The molecule has 4 rings (SSSR count). The number of carbonyl (C=O) groups is 2. The second-order valence-electron chi connectivity index (χ2n) is 6.31. The number of para-hydroxylation sites is 2. The van der Waals surface area contributed by atoms with Crippen LogP contribution in [0.15, 0.2) is 48.5 Å². The Bertz CT molecular complexity index is 1010. The topological polar surface area (TPSA) is 73.2 Å². The van der Waals surface area contributed by atoms with Crippen LogP contribution in [-0.4, -0.2) is 28.0 Å². The van der Waals surface area contributed by atoms with Gasteiger partial charge in [-0.15, -0.1) is 0 Å². The van der Waals surface area contributed by atoms with Crippen molar-refractivity contribution in [3.8, 4) is 0 Å². The van der Waals surface area contributed by atoms with E-state index >= 15 is 0 Å². The average molecular weight is 349 g/mol. The van der Waals surface area contributed by atoms with Crippen LogP contribution < -0.4 is 5.32 Å². The molecule has 1 amide bonds. The number of esters is 1. The van der Waals surface area contributed by atoms with E-state index in [0.717, 1.165) is 22.2 Å². The van der Waals surface area contributed by atoms with Crippen molar-refractivity contribution in [3.63, 3.8) is 0 Å². The largest absolute Gasteiger partial charge is 0.465 e. The summed E-state index contributed by atoms with van der Waals surface area (Å²) < 4.78 is 7.14. The molecule has 2 heterocycles. The lowest BCUT2D eigenvalue weighted by molar-refractivity contribution is -0.152. The number of fused-ring (bicyclic) bond motifs is 3. The van der Waals surface area contributed by atoms with Crippen molar-refractivity contribution >= 4 is 28.9 Å². The summed E-state index contributed by atoms with van der Waals surface area (Å²) in [5.41, 5.74) is 3.55. The zero-order valence-corrected chi connectivity index (χ0v) is 14.6. The first-order valence-electron chi connectivity index (χ1n) is 8.61. The van der Waals surface area contributed by atoms with Crippen molar-refractivity contribution in [2.24, 2.45) is 5.92 Å². The molecule has 1 aliphatic rings. The Morgan fingerprint density at radius 1 is 1.19 bits per heavy atom. The molecular formula is C20H19N3O3. The van der Waals surface area contributed by atoms with Crippen LogP contribution in [0.1, 0.15) is 24.1 Å². The molecule has 1 N–H and O–H groups in total. The number of anilines is 1. The number of benzene rings is 2. The molecule has 0 saturated heterocycles. The molecule has 132 valence electrons. The number of amides is 1. The molecule has 0 unspecified atom stereocenters. The minimum atomic E-state index is -0.971. The molecule has 1 aliphatic heterocycles. The number of hydrogen-bond donors (Lipinski definition) is 1. The smallest absolute Gasteiger partial charge is 0.321 e. The number of aromatic nitrogens is 2. The van der Waals surface area contributed by atoms with E-state index in [-0.39, 0.29) is 12.5 Å². The highest BCUT2D eigenvalue weighted by Crippen LogP contribution is 2.39. The van der Waals surface area contributed by atoms with Gasteiger partial charge in [0.1, 0.15) is 0 Å². The van der Waals surface area contributed by atoms with Gasteiger partial charge in [0.05, 0.1) is 23.7 Å². The lowest BCUT2D eigenvalue weighted by Gasteiger charge is -2.33. The molecule has 2 atom stereocenters. The molecule has 0 saturated carbocycles. The van der Waals surface area contributed by atoms with Crippen molar-refractivity contribution in [2.75, 3.05) is 11.9 Å². The summed E-state index contributed by atoms with van der Waals surface area (Å²) in [6.07, 6.45) is 0. The van der Waals surface area contributed by atoms with Crippen LogP contribution >= 0.6 is 0 Å². The average Bonchev–Trinajstić information content (AvgIpc) is 2.99. The van der Waals surface area contributed by atoms with Gasteiger partial charge in [0.15, 0.2) is 5.92 Å². The van der Waals surface area contributed by atoms with Crippen LogP contribution in [-0.2, 0) is 14.3 Å². The minimum Gasteiger partial charge on any atom is -0.465 e. The third-order valence-electron chi connectivity index (χ3n) is 4.75. The number of aryl methyl sites for hydroxylation is 1. The Morgan fingerprint density at radius 2 is 1.92 bits per heavy atom. The van der Waals surface area contributed by atoms with Gasteiger partial charge in [-0.3, -0.25) is 14.9 Å². The van der Waals surface area contributed by atoms with Crippen molar-refractivity contribution in [3.05, 3.63) is 59.7 Å². The van der Waals surface area contributed by atoms with Crippen LogP contribution in [0, 0.1) is 12.8 Å². The SMILES string of the molecule is CCOC(=O)[C@H]1C(=O)Nc2nc3ccccc3n2[C@@H]1c1ccccc1C. The summed E-state index contributed by atoms with van der Waals surface area (Å²) in [6, 6.07) is 14.9. The number of rotatable bonds is 3. The lowest BCUT2D eigenvalue weighted by atomic mass is 9.88. The molecule has 26 heavy (non-hydrogen) atoms. The minimum absolute atomic E-state index is 0.223. The number of ether oxygens (including phenoxy) is 1. The zero-order chi connectivity index (χ0) is 18.3. The molecule has 0 bridgehead atoms. The van der Waals surface area contributed by atoms with E-state index in [2.05, 4.69) is 10.3 Å². The molecule has 0 spiro atoms. The van der Waals surface area contributed by atoms with E-state index in [0.29, 0.717) is 5.95 Å².